The van der Waals surface area contributed by atoms with Crippen molar-refractivity contribution < 1.29 is 4.43 Å². The van der Waals surface area contributed by atoms with E-state index in [1.54, 1.807) is 0 Å². The zero-order chi connectivity index (χ0) is 19.4. The molecule has 0 aliphatic carbocycles. The van der Waals surface area contributed by atoms with Crippen LogP contribution in [0, 0.1) is 13.8 Å². The summed E-state index contributed by atoms with van der Waals surface area (Å²) in [7, 11) is -2.70. The lowest BCUT2D eigenvalue weighted by molar-refractivity contribution is 0.577. The zero-order valence-electron chi connectivity index (χ0n) is 16.3. The van der Waals surface area contributed by atoms with Gasteiger partial charge in [-0.2, -0.15) is 0 Å². The molecule has 1 nitrogen and oxygen atoms in total. The molecule has 0 unspecified atom stereocenters. The molecule has 0 atom stereocenters. The third kappa shape index (κ3) is 3.51. The predicted octanol–water partition coefficient (Wildman–Crippen LogP) is 4.35. The minimum atomic E-state index is -2.70. The first kappa shape index (κ1) is 18.3. The molecule has 0 aromatic heterocycles. The molecule has 0 heterocycles. The summed E-state index contributed by atoms with van der Waals surface area (Å²) in [6.45, 7) is 4.22. The van der Waals surface area contributed by atoms with Crippen molar-refractivity contribution in [2.45, 2.75) is 13.8 Å². The molecule has 0 bridgehead atoms. The van der Waals surface area contributed by atoms with Crippen molar-refractivity contribution in [2.75, 3.05) is 0 Å². The van der Waals surface area contributed by atoms with Gasteiger partial charge in [0.15, 0.2) is 0 Å². The molecule has 0 radical (unpaired) electrons. The van der Waals surface area contributed by atoms with Crippen LogP contribution < -0.4 is 20.0 Å². The van der Waals surface area contributed by atoms with E-state index in [4.69, 9.17) is 4.43 Å². The van der Waals surface area contributed by atoms with E-state index < -0.39 is 8.32 Å². The zero-order valence-corrected chi connectivity index (χ0v) is 17.3. The van der Waals surface area contributed by atoms with E-state index in [2.05, 4.69) is 123 Å². The number of rotatable bonds is 5. The van der Waals surface area contributed by atoms with Gasteiger partial charge in [-0.3, -0.25) is 0 Å². The Kier molecular flexibility index (Phi) is 5.14. The van der Waals surface area contributed by atoms with Crippen LogP contribution in [-0.4, -0.2) is 8.32 Å². The predicted molar refractivity (Wildman–Crippen MR) is 121 cm³/mol. The van der Waals surface area contributed by atoms with Gasteiger partial charge in [-0.15, -0.1) is 0 Å². The molecular formula is C26H24OSi. The Balaban J connectivity index is 1.99. The molecule has 4 rings (SSSR count). The van der Waals surface area contributed by atoms with Crippen LogP contribution in [0.3, 0.4) is 0 Å². The minimum absolute atomic E-state index is 0.908. The summed E-state index contributed by atoms with van der Waals surface area (Å²) in [5, 5.41) is 3.73. The second kappa shape index (κ2) is 7.87. The number of hydrogen-bond donors (Lipinski definition) is 0. The molecule has 4 aromatic rings. The summed E-state index contributed by atoms with van der Waals surface area (Å²) in [6, 6.07) is 38.6. The van der Waals surface area contributed by atoms with Gasteiger partial charge >= 0.3 is 8.32 Å². The SMILES string of the molecule is Cc1ccc(O[Si](c2ccccc2)(c2ccccc2)c2ccc(C)cc2)cc1. The maximum atomic E-state index is 6.99. The van der Waals surface area contributed by atoms with Crippen LogP contribution in [0.2, 0.25) is 0 Å². The average Bonchev–Trinajstić information content (AvgIpc) is 2.75. The monoisotopic (exact) mass is 380 g/mol. The Hall–Kier alpha value is -3.10. The van der Waals surface area contributed by atoms with E-state index in [-0.39, 0.29) is 0 Å². The van der Waals surface area contributed by atoms with Gasteiger partial charge < -0.3 is 4.43 Å². The third-order valence-electron chi connectivity index (χ3n) is 5.11. The van der Waals surface area contributed by atoms with Crippen LogP contribution in [0.25, 0.3) is 0 Å². The fourth-order valence-corrected chi connectivity index (χ4v) is 7.40. The fraction of sp³-hybridized carbons (Fsp3) is 0.0769. The van der Waals surface area contributed by atoms with Crippen LogP contribution in [0.1, 0.15) is 11.1 Å². The van der Waals surface area contributed by atoms with Crippen molar-refractivity contribution in [3.63, 3.8) is 0 Å². The van der Waals surface area contributed by atoms with E-state index in [1.807, 2.05) is 0 Å². The van der Waals surface area contributed by atoms with Crippen molar-refractivity contribution in [3.05, 3.63) is 120 Å². The third-order valence-corrected chi connectivity index (χ3v) is 9.09. The van der Waals surface area contributed by atoms with Gasteiger partial charge in [0.2, 0.25) is 0 Å². The molecule has 0 fully saturated rings. The molecule has 0 aliphatic rings. The maximum absolute atomic E-state index is 6.99. The van der Waals surface area contributed by atoms with E-state index in [9.17, 15) is 0 Å². The van der Waals surface area contributed by atoms with E-state index in [0.29, 0.717) is 0 Å². The standard InChI is InChI=1S/C26H24OSi/c1-21-13-17-23(18-14-21)27-28(24-9-5-3-6-10-24,25-11-7-4-8-12-25)26-19-15-22(2)16-20-26/h3-20H,1-2H3. The van der Waals surface area contributed by atoms with Gasteiger partial charge in [-0.25, -0.2) is 0 Å². The van der Waals surface area contributed by atoms with E-state index in [0.717, 1.165) is 5.75 Å². The first-order valence-corrected chi connectivity index (χ1v) is 11.5. The highest BCUT2D eigenvalue weighted by Crippen LogP contribution is 2.18. The Morgan fingerprint density at radius 2 is 0.857 bits per heavy atom. The van der Waals surface area contributed by atoms with Crippen molar-refractivity contribution in [3.8, 4) is 5.75 Å². The second-order valence-electron chi connectivity index (χ2n) is 7.19. The number of aryl methyl sites for hydroxylation is 2. The topological polar surface area (TPSA) is 9.23 Å². The van der Waals surface area contributed by atoms with E-state index >= 15 is 0 Å². The molecule has 0 aliphatic heterocycles. The molecule has 0 saturated heterocycles. The molecule has 0 N–H and O–H groups in total. The number of benzene rings is 4. The molecule has 28 heavy (non-hydrogen) atoms. The van der Waals surface area contributed by atoms with Crippen molar-refractivity contribution in [1.29, 1.82) is 0 Å². The molecule has 2 heteroatoms. The fourth-order valence-electron chi connectivity index (χ4n) is 3.59. The van der Waals surface area contributed by atoms with Gasteiger partial charge in [0.25, 0.3) is 0 Å². The second-order valence-corrected chi connectivity index (χ2v) is 10.5. The van der Waals surface area contributed by atoms with Gasteiger partial charge in [-0.05, 0) is 41.5 Å². The van der Waals surface area contributed by atoms with Gasteiger partial charge in [0, 0.05) is 0 Å². The molecule has 0 saturated carbocycles. The summed E-state index contributed by atoms with van der Waals surface area (Å²) < 4.78 is 6.99. The van der Waals surface area contributed by atoms with Gasteiger partial charge in [0.05, 0.1) is 0 Å². The molecule has 4 aromatic carbocycles. The Labute approximate surface area is 168 Å². The molecule has 0 spiro atoms. The minimum Gasteiger partial charge on any atom is -0.530 e. The van der Waals surface area contributed by atoms with Crippen LogP contribution in [-0.2, 0) is 0 Å². The lowest BCUT2D eigenvalue weighted by atomic mass is 10.2. The quantitative estimate of drug-likeness (QED) is 0.369. The lowest BCUT2D eigenvalue weighted by Crippen LogP contribution is -2.71. The molecule has 138 valence electrons. The molecule has 0 amide bonds. The van der Waals surface area contributed by atoms with Crippen molar-refractivity contribution >= 4 is 23.9 Å². The summed E-state index contributed by atoms with van der Waals surface area (Å²) in [5.41, 5.74) is 2.48. The largest absolute Gasteiger partial charge is 0.530 e. The number of hydrogen-bond acceptors (Lipinski definition) is 1. The Morgan fingerprint density at radius 1 is 0.464 bits per heavy atom. The highest BCUT2D eigenvalue weighted by Gasteiger charge is 2.43. The Morgan fingerprint density at radius 3 is 1.32 bits per heavy atom. The molecular weight excluding hydrogens is 356 g/mol. The van der Waals surface area contributed by atoms with Gasteiger partial charge in [-0.1, -0.05) is 108 Å². The highest BCUT2D eigenvalue weighted by molar-refractivity contribution is 7.07. The smallest absolute Gasteiger partial charge is 0.346 e. The lowest BCUT2D eigenvalue weighted by Gasteiger charge is -2.33. The van der Waals surface area contributed by atoms with Crippen LogP contribution >= 0.6 is 0 Å². The highest BCUT2D eigenvalue weighted by atomic mass is 28.4. The van der Waals surface area contributed by atoms with Crippen LogP contribution in [0.4, 0.5) is 0 Å². The Bertz CT molecular complexity index is 984. The summed E-state index contributed by atoms with van der Waals surface area (Å²) in [4.78, 5) is 0. The summed E-state index contributed by atoms with van der Waals surface area (Å²) in [5.74, 6) is 0.908. The van der Waals surface area contributed by atoms with Crippen molar-refractivity contribution in [1.82, 2.24) is 0 Å². The van der Waals surface area contributed by atoms with E-state index in [1.165, 1.54) is 26.7 Å². The van der Waals surface area contributed by atoms with Gasteiger partial charge in [0.1, 0.15) is 5.75 Å². The first-order valence-electron chi connectivity index (χ1n) is 9.62. The maximum Gasteiger partial charge on any atom is 0.346 e. The normalized spacial score (nSPS) is 11.2. The summed E-state index contributed by atoms with van der Waals surface area (Å²) >= 11 is 0. The van der Waals surface area contributed by atoms with Crippen molar-refractivity contribution in [2.24, 2.45) is 0 Å². The van der Waals surface area contributed by atoms with Crippen LogP contribution in [0.15, 0.2) is 109 Å². The first-order chi connectivity index (χ1) is 13.7. The van der Waals surface area contributed by atoms with Crippen LogP contribution in [0.5, 0.6) is 5.75 Å². The summed E-state index contributed by atoms with van der Waals surface area (Å²) in [6.07, 6.45) is 0. The average molecular weight is 381 g/mol.